The molecule has 3 aromatic rings. The van der Waals surface area contributed by atoms with Crippen molar-refractivity contribution in [2.75, 3.05) is 12.8 Å². The van der Waals surface area contributed by atoms with Crippen LogP contribution in [-0.4, -0.2) is 33.0 Å². The predicted octanol–water partition coefficient (Wildman–Crippen LogP) is 2.00. The van der Waals surface area contributed by atoms with Gasteiger partial charge < -0.3 is 15.8 Å². The molecule has 28 heavy (non-hydrogen) atoms. The minimum absolute atomic E-state index is 0.0998. The fraction of sp³-hybridized carbons (Fsp3) is 0.211. The first-order chi connectivity index (χ1) is 13.5. The van der Waals surface area contributed by atoms with Crippen LogP contribution < -0.4 is 15.8 Å². The van der Waals surface area contributed by atoms with Gasteiger partial charge in [0.15, 0.2) is 0 Å². The lowest BCUT2D eigenvalue weighted by molar-refractivity contribution is 0.0922. The fourth-order valence-electron chi connectivity index (χ4n) is 3.39. The molecule has 0 saturated heterocycles. The molecule has 1 atom stereocenters. The highest BCUT2D eigenvalue weighted by Crippen LogP contribution is 2.33. The van der Waals surface area contributed by atoms with Gasteiger partial charge in [-0.25, -0.2) is 19.3 Å². The van der Waals surface area contributed by atoms with Crippen LogP contribution in [0.2, 0.25) is 0 Å². The summed E-state index contributed by atoms with van der Waals surface area (Å²) >= 11 is 0. The van der Waals surface area contributed by atoms with E-state index < -0.39 is 11.9 Å². The number of nitrogens with one attached hydrogen (secondary N) is 1. The van der Waals surface area contributed by atoms with E-state index in [4.69, 9.17) is 10.5 Å². The largest absolute Gasteiger partial charge is 0.480 e. The Labute approximate surface area is 160 Å². The first-order valence-corrected chi connectivity index (χ1v) is 8.56. The molecule has 0 spiro atoms. The Morgan fingerprint density at radius 3 is 2.86 bits per heavy atom. The summed E-state index contributed by atoms with van der Waals surface area (Å²) in [5.74, 6) is -0.312. The minimum atomic E-state index is -0.507. The van der Waals surface area contributed by atoms with E-state index in [9.17, 15) is 9.18 Å². The molecular weight excluding hydrogens is 363 g/mol. The highest BCUT2D eigenvalue weighted by atomic mass is 19.1. The molecule has 3 heterocycles. The lowest BCUT2D eigenvalue weighted by Crippen LogP contribution is -2.37. The number of nitrogens with zero attached hydrogens (tertiary/aromatic N) is 4. The fourth-order valence-corrected chi connectivity index (χ4v) is 3.39. The van der Waals surface area contributed by atoms with Crippen molar-refractivity contribution in [3.05, 3.63) is 58.9 Å². The van der Waals surface area contributed by atoms with Gasteiger partial charge in [0.05, 0.1) is 48.2 Å². The van der Waals surface area contributed by atoms with Crippen LogP contribution in [-0.2, 0) is 6.42 Å². The lowest BCUT2D eigenvalue weighted by atomic mass is 9.90. The molecule has 1 amide bonds. The number of carbonyl (C=O) groups is 1. The van der Waals surface area contributed by atoms with Gasteiger partial charge in [-0.3, -0.25) is 9.78 Å². The molecule has 1 aliphatic rings. The summed E-state index contributed by atoms with van der Waals surface area (Å²) in [6, 6.07) is 3.81. The number of hydrogen-bond donors (Lipinski definition) is 2. The summed E-state index contributed by atoms with van der Waals surface area (Å²) in [6.07, 6.45) is 3.39. The Kier molecular flexibility index (Phi) is 4.34. The summed E-state index contributed by atoms with van der Waals surface area (Å²) in [4.78, 5) is 29.4. The van der Waals surface area contributed by atoms with E-state index in [1.807, 2.05) is 0 Å². The van der Waals surface area contributed by atoms with Crippen LogP contribution in [0, 0.1) is 12.7 Å². The zero-order chi connectivity index (χ0) is 19.8. The first kappa shape index (κ1) is 17.8. The number of ether oxygens (including phenoxy) is 1. The van der Waals surface area contributed by atoms with Crippen molar-refractivity contribution < 1.29 is 13.9 Å². The molecule has 0 radical (unpaired) electrons. The normalized spacial score (nSPS) is 15.7. The van der Waals surface area contributed by atoms with Crippen LogP contribution in [0.1, 0.15) is 33.4 Å². The first-order valence-electron chi connectivity index (χ1n) is 8.56. The highest BCUT2D eigenvalue weighted by Gasteiger charge is 2.31. The number of hydrogen-bond acceptors (Lipinski definition) is 7. The van der Waals surface area contributed by atoms with Crippen LogP contribution in [0.5, 0.6) is 5.88 Å². The number of aromatic nitrogens is 4. The molecule has 0 saturated carbocycles. The second-order valence-corrected chi connectivity index (χ2v) is 6.40. The molecule has 9 heteroatoms. The molecule has 8 nitrogen and oxygen atoms in total. The number of fused-ring (bicyclic) bond motifs is 1. The van der Waals surface area contributed by atoms with E-state index in [-0.39, 0.29) is 11.9 Å². The number of rotatable bonds is 3. The van der Waals surface area contributed by atoms with E-state index in [2.05, 4.69) is 25.3 Å². The van der Waals surface area contributed by atoms with E-state index in [1.54, 1.807) is 19.2 Å². The van der Waals surface area contributed by atoms with Gasteiger partial charge in [0.1, 0.15) is 5.82 Å². The average Bonchev–Trinajstić information content (AvgIpc) is 2.67. The third kappa shape index (κ3) is 3.11. The molecule has 0 bridgehead atoms. The van der Waals surface area contributed by atoms with Crippen molar-refractivity contribution in [1.82, 2.24) is 25.3 Å². The van der Waals surface area contributed by atoms with Crippen LogP contribution in [0.15, 0.2) is 30.6 Å². The number of amides is 1. The topological polar surface area (TPSA) is 116 Å². The second-order valence-electron chi connectivity index (χ2n) is 6.40. The summed E-state index contributed by atoms with van der Waals surface area (Å²) in [5.41, 5.74) is 8.91. The van der Waals surface area contributed by atoms with Gasteiger partial charge in [-0.05, 0) is 30.7 Å². The Morgan fingerprint density at radius 1 is 1.25 bits per heavy atom. The van der Waals surface area contributed by atoms with Gasteiger partial charge in [-0.2, -0.15) is 0 Å². The quantitative estimate of drug-likeness (QED) is 0.714. The Balaban J connectivity index is 1.81. The Bertz CT molecular complexity index is 1090. The number of halogens is 1. The average molecular weight is 380 g/mol. The van der Waals surface area contributed by atoms with E-state index >= 15 is 0 Å². The third-order valence-corrected chi connectivity index (χ3v) is 4.60. The maximum absolute atomic E-state index is 14.1. The maximum Gasteiger partial charge on any atom is 0.255 e. The van der Waals surface area contributed by atoms with Crippen molar-refractivity contribution in [2.45, 2.75) is 19.4 Å². The van der Waals surface area contributed by atoms with E-state index in [1.165, 1.54) is 25.4 Å². The van der Waals surface area contributed by atoms with Gasteiger partial charge in [0, 0.05) is 12.0 Å². The van der Waals surface area contributed by atoms with Crippen LogP contribution in [0.25, 0.3) is 11.3 Å². The van der Waals surface area contributed by atoms with Gasteiger partial charge in [0.25, 0.3) is 5.91 Å². The standard InChI is InChI=1S/C19H17FN6O2/c1-9-17-14(26-19(21)23-9)6-13(25-18(17)27)12-5-10(20)3-4-11(12)15-7-22-8-16(24-15)28-2/h3-5,7-8,13H,6H2,1-2H3,(H,25,27)(H2,21,23,26)/t13-/m1/s1. The SMILES string of the molecule is COc1cncc(-c2ccc(F)cc2[C@H]2Cc3nc(N)nc(C)c3C(=O)N2)n1. The van der Waals surface area contributed by atoms with Gasteiger partial charge in [0.2, 0.25) is 11.8 Å². The van der Waals surface area contributed by atoms with Crippen molar-refractivity contribution in [2.24, 2.45) is 0 Å². The molecule has 2 aromatic heterocycles. The molecule has 0 unspecified atom stereocenters. The number of methoxy groups -OCH3 is 1. The number of nitrogens with two attached hydrogens (primary N) is 1. The summed E-state index contributed by atoms with van der Waals surface area (Å²) < 4.78 is 19.2. The lowest BCUT2D eigenvalue weighted by Gasteiger charge is -2.27. The number of benzene rings is 1. The van der Waals surface area contributed by atoms with Gasteiger partial charge >= 0.3 is 0 Å². The molecule has 3 N–H and O–H groups in total. The molecule has 1 aromatic carbocycles. The van der Waals surface area contributed by atoms with Gasteiger partial charge in [-0.1, -0.05) is 0 Å². The summed E-state index contributed by atoms with van der Waals surface area (Å²) in [6.45, 7) is 1.70. The van der Waals surface area contributed by atoms with Crippen LogP contribution in [0.4, 0.5) is 10.3 Å². The highest BCUT2D eigenvalue weighted by molar-refractivity contribution is 5.98. The monoisotopic (exact) mass is 380 g/mol. The number of carbonyl (C=O) groups excluding carboxylic acids is 1. The zero-order valence-electron chi connectivity index (χ0n) is 15.2. The van der Waals surface area contributed by atoms with Crippen LogP contribution >= 0.6 is 0 Å². The summed E-state index contributed by atoms with van der Waals surface area (Å²) in [5, 5.41) is 2.91. The van der Waals surface area contributed by atoms with Crippen LogP contribution in [0.3, 0.4) is 0 Å². The second kappa shape index (κ2) is 6.84. The summed E-state index contributed by atoms with van der Waals surface area (Å²) in [7, 11) is 1.49. The van der Waals surface area contributed by atoms with E-state index in [0.29, 0.717) is 46.1 Å². The van der Waals surface area contributed by atoms with Crippen molar-refractivity contribution in [1.29, 1.82) is 0 Å². The molecular formula is C19H17FN6O2. The van der Waals surface area contributed by atoms with Crippen molar-refractivity contribution in [3.8, 4) is 17.1 Å². The molecule has 1 aliphatic heterocycles. The number of nitrogen functional groups attached to an aromatic ring is 1. The number of anilines is 1. The molecule has 142 valence electrons. The predicted molar refractivity (Wildman–Crippen MR) is 99.1 cm³/mol. The van der Waals surface area contributed by atoms with Crippen molar-refractivity contribution in [3.63, 3.8) is 0 Å². The molecule has 0 aliphatic carbocycles. The van der Waals surface area contributed by atoms with Crippen molar-refractivity contribution >= 4 is 11.9 Å². The van der Waals surface area contributed by atoms with E-state index in [0.717, 1.165) is 0 Å². The Hall–Kier alpha value is -3.62. The maximum atomic E-state index is 14.1. The van der Waals surface area contributed by atoms with Gasteiger partial charge in [-0.15, -0.1) is 0 Å². The zero-order valence-corrected chi connectivity index (χ0v) is 15.2. The number of aryl methyl sites for hydroxylation is 1. The molecule has 4 rings (SSSR count). The smallest absolute Gasteiger partial charge is 0.255 e. The minimum Gasteiger partial charge on any atom is -0.480 e. The Morgan fingerprint density at radius 2 is 2.07 bits per heavy atom. The molecule has 0 fully saturated rings. The third-order valence-electron chi connectivity index (χ3n) is 4.60.